The second kappa shape index (κ2) is 7.02. The van der Waals surface area contributed by atoms with Gasteiger partial charge in [0.05, 0.1) is 6.10 Å². The van der Waals surface area contributed by atoms with Crippen LogP contribution < -0.4 is 4.74 Å². The molecule has 2 nitrogen and oxygen atoms in total. The molecule has 0 heterocycles. The molecule has 0 unspecified atom stereocenters. The van der Waals surface area contributed by atoms with E-state index in [0.29, 0.717) is 0 Å². The molecule has 17 heavy (non-hydrogen) atoms. The van der Waals surface area contributed by atoms with E-state index in [1.165, 1.54) is 5.56 Å². The number of ether oxygens (including phenoxy) is 1. The summed E-state index contributed by atoms with van der Waals surface area (Å²) in [6.07, 6.45) is 0.208. The van der Waals surface area contributed by atoms with E-state index in [9.17, 15) is 0 Å². The van der Waals surface area contributed by atoms with Gasteiger partial charge in [-0.3, -0.25) is 4.90 Å². The molecule has 0 fully saturated rings. The van der Waals surface area contributed by atoms with Crippen LogP contribution in [0.2, 0.25) is 0 Å². The van der Waals surface area contributed by atoms with Gasteiger partial charge in [0.1, 0.15) is 5.75 Å². The third-order valence-corrected chi connectivity index (χ3v) is 3.46. The summed E-state index contributed by atoms with van der Waals surface area (Å²) in [6, 6.07) is 6.14. The summed E-state index contributed by atoms with van der Waals surface area (Å²) in [7, 11) is 0. The fraction of sp³-hybridized carbons (Fsp3) is 0.571. The zero-order chi connectivity index (χ0) is 12.8. The van der Waals surface area contributed by atoms with E-state index in [1.807, 2.05) is 12.1 Å². The van der Waals surface area contributed by atoms with Crippen molar-refractivity contribution < 1.29 is 4.74 Å². The first-order valence-corrected chi connectivity index (χ1v) is 7.04. The van der Waals surface area contributed by atoms with Gasteiger partial charge in [-0.05, 0) is 39.1 Å². The number of nitrogens with zero attached hydrogens (tertiary/aromatic N) is 1. The maximum absolute atomic E-state index is 5.86. The van der Waals surface area contributed by atoms with Gasteiger partial charge in [-0.2, -0.15) is 0 Å². The second-order valence-electron chi connectivity index (χ2n) is 4.34. The highest BCUT2D eigenvalue weighted by Crippen LogP contribution is 2.28. The maximum Gasteiger partial charge on any atom is 0.125 e. The van der Waals surface area contributed by atoms with Crippen molar-refractivity contribution in [1.82, 2.24) is 4.90 Å². The molecule has 0 amide bonds. The average molecular weight is 300 g/mol. The predicted octanol–water partition coefficient (Wildman–Crippen LogP) is 4.08. The fourth-order valence-electron chi connectivity index (χ4n) is 1.73. The topological polar surface area (TPSA) is 12.5 Å². The van der Waals surface area contributed by atoms with Crippen molar-refractivity contribution in [2.75, 3.05) is 13.1 Å². The Morgan fingerprint density at radius 1 is 1.24 bits per heavy atom. The zero-order valence-corrected chi connectivity index (χ0v) is 12.8. The molecule has 0 saturated carbocycles. The Bertz CT molecular complexity index is 348. The van der Waals surface area contributed by atoms with E-state index in [2.05, 4.69) is 54.6 Å². The van der Waals surface area contributed by atoms with Crippen molar-refractivity contribution in [2.45, 2.75) is 40.3 Å². The van der Waals surface area contributed by atoms with Gasteiger partial charge in [0.15, 0.2) is 0 Å². The van der Waals surface area contributed by atoms with Crippen LogP contribution >= 0.6 is 15.9 Å². The van der Waals surface area contributed by atoms with Gasteiger partial charge in [-0.1, -0.05) is 35.8 Å². The van der Waals surface area contributed by atoms with E-state index < -0.39 is 0 Å². The van der Waals surface area contributed by atoms with Crippen LogP contribution in [0.25, 0.3) is 0 Å². The van der Waals surface area contributed by atoms with E-state index >= 15 is 0 Å². The first-order valence-electron chi connectivity index (χ1n) is 6.24. The summed E-state index contributed by atoms with van der Waals surface area (Å²) >= 11 is 3.62. The highest BCUT2D eigenvalue weighted by Gasteiger charge is 2.12. The lowest BCUT2D eigenvalue weighted by molar-refractivity contribution is 0.231. The van der Waals surface area contributed by atoms with Crippen LogP contribution in [-0.4, -0.2) is 24.1 Å². The minimum atomic E-state index is 0.208. The minimum absolute atomic E-state index is 0.208. The molecule has 0 bridgehead atoms. The van der Waals surface area contributed by atoms with E-state index in [4.69, 9.17) is 4.74 Å². The monoisotopic (exact) mass is 299 g/mol. The molecule has 0 atom stereocenters. The molecule has 0 aliphatic carbocycles. The standard InChI is InChI=1S/C14H22BrNO/c1-5-16(6-2)10-12-13(15)8-7-9-14(12)17-11(3)4/h7-9,11H,5-6,10H2,1-4H3. The predicted molar refractivity (Wildman–Crippen MR) is 76.5 cm³/mol. The SMILES string of the molecule is CCN(CC)Cc1c(Br)cccc1OC(C)C. The molecule has 1 aromatic rings. The highest BCUT2D eigenvalue weighted by atomic mass is 79.9. The fourth-order valence-corrected chi connectivity index (χ4v) is 2.20. The normalized spacial score (nSPS) is 11.2. The van der Waals surface area contributed by atoms with Crippen molar-refractivity contribution in [2.24, 2.45) is 0 Å². The van der Waals surface area contributed by atoms with Gasteiger partial charge < -0.3 is 4.74 Å². The quantitative estimate of drug-likeness (QED) is 0.785. The Labute approximate surface area is 113 Å². The van der Waals surface area contributed by atoms with Crippen molar-refractivity contribution in [3.8, 4) is 5.75 Å². The summed E-state index contributed by atoms with van der Waals surface area (Å²) in [5.74, 6) is 0.987. The van der Waals surface area contributed by atoms with Crippen molar-refractivity contribution >= 4 is 15.9 Å². The Kier molecular flexibility index (Phi) is 6.00. The lowest BCUT2D eigenvalue weighted by Crippen LogP contribution is -2.23. The van der Waals surface area contributed by atoms with Crippen LogP contribution in [0.1, 0.15) is 33.3 Å². The summed E-state index contributed by atoms with van der Waals surface area (Å²) < 4.78 is 6.99. The number of rotatable bonds is 6. The summed E-state index contributed by atoms with van der Waals surface area (Å²) in [5, 5.41) is 0. The first kappa shape index (κ1) is 14.5. The lowest BCUT2D eigenvalue weighted by atomic mass is 10.2. The third-order valence-electron chi connectivity index (χ3n) is 2.71. The van der Waals surface area contributed by atoms with Crippen molar-refractivity contribution in [3.63, 3.8) is 0 Å². The van der Waals surface area contributed by atoms with Crippen LogP contribution in [0.3, 0.4) is 0 Å². The maximum atomic E-state index is 5.86. The number of hydrogen-bond acceptors (Lipinski definition) is 2. The van der Waals surface area contributed by atoms with Crippen LogP contribution in [0.4, 0.5) is 0 Å². The Balaban J connectivity index is 2.94. The Morgan fingerprint density at radius 2 is 1.88 bits per heavy atom. The molecule has 3 heteroatoms. The largest absolute Gasteiger partial charge is 0.491 e. The van der Waals surface area contributed by atoms with Gasteiger partial charge >= 0.3 is 0 Å². The van der Waals surface area contributed by atoms with E-state index in [1.54, 1.807) is 0 Å². The summed E-state index contributed by atoms with van der Waals surface area (Å²) in [6.45, 7) is 11.5. The molecule has 0 radical (unpaired) electrons. The molecule has 0 saturated heterocycles. The number of benzene rings is 1. The molecule has 0 aromatic heterocycles. The molecule has 0 spiro atoms. The molecule has 0 N–H and O–H groups in total. The average Bonchev–Trinajstić information content (AvgIpc) is 2.28. The van der Waals surface area contributed by atoms with Gasteiger partial charge in [0.2, 0.25) is 0 Å². The zero-order valence-electron chi connectivity index (χ0n) is 11.2. The van der Waals surface area contributed by atoms with Gasteiger partial charge in [0.25, 0.3) is 0 Å². The highest BCUT2D eigenvalue weighted by molar-refractivity contribution is 9.10. The summed E-state index contributed by atoms with van der Waals surface area (Å²) in [4.78, 5) is 2.38. The smallest absolute Gasteiger partial charge is 0.125 e. The van der Waals surface area contributed by atoms with E-state index in [-0.39, 0.29) is 6.10 Å². The van der Waals surface area contributed by atoms with Crippen molar-refractivity contribution in [3.05, 3.63) is 28.2 Å². The van der Waals surface area contributed by atoms with Gasteiger partial charge in [0, 0.05) is 16.6 Å². The molecular weight excluding hydrogens is 278 g/mol. The van der Waals surface area contributed by atoms with Gasteiger partial charge in [-0.15, -0.1) is 0 Å². The first-order chi connectivity index (χ1) is 8.08. The molecule has 1 aromatic carbocycles. The summed E-state index contributed by atoms with van der Waals surface area (Å²) in [5.41, 5.74) is 1.24. The molecule has 0 aliphatic rings. The van der Waals surface area contributed by atoms with E-state index in [0.717, 1.165) is 29.9 Å². The van der Waals surface area contributed by atoms with Crippen LogP contribution in [0.15, 0.2) is 22.7 Å². The molecule has 0 aliphatic heterocycles. The Hall–Kier alpha value is -0.540. The van der Waals surface area contributed by atoms with Crippen LogP contribution in [-0.2, 0) is 6.54 Å². The minimum Gasteiger partial charge on any atom is -0.491 e. The lowest BCUT2D eigenvalue weighted by Gasteiger charge is -2.22. The van der Waals surface area contributed by atoms with Gasteiger partial charge in [-0.25, -0.2) is 0 Å². The molecule has 96 valence electrons. The molecular formula is C14H22BrNO. The molecule has 1 rings (SSSR count). The Morgan fingerprint density at radius 3 is 2.41 bits per heavy atom. The van der Waals surface area contributed by atoms with Crippen LogP contribution in [0, 0.1) is 0 Å². The van der Waals surface area contributed by atoms with Crippen LogP contribution in [0.5, 0.6) is 5.75 Å². The number of halogens is 1. The number of hydrogen-bond donors (Lipinski definition) is 0. The second-order valence-corrected chi connectivity index (χ2v) is 5.20. The third kappa shape index (κ3) is 4.32. The van der Waals surface area contributed by atoms with Crippen molar-refractivity contribution in [1.29, 1.82) is 0 Å².